The molecule has 1 fully saturated rings. The van der Waals surface area contributed by atoms with Gasteiger partial charge in [0.25, 0.3) is 0 Å². The summed E-state index contributed by atoms with van der Waals surface area (Å²) in [6.45, 7) is 0.752. The first-order chi connectivity index (χ1) is 5.33. The van der Waals surface area contributed by atoms with Crippen LogP contribution in [-0.4, -0.2) is 25.2 Å². The number of hydrogen-bond donors (Lipinski definition) is 3. The van der Waals surface area contributed by atoms with Crippen molar-refractivity contribution in [2.24, 2.45) is 5.73 Å². The van der Waals surface area contributed by atoms with Gasteiger partial charge in [0.15, 0.2) is 0 Å². The summed E-state index contributed by atoms with van der Waals surface area (Å²) in [5.74, 6) is 0. The number of nitrogens with one attached hydrogen (secondary N) is 2. The zero-order valence-corrected chi connectivity index (χ0v) is 6.30. The molecule has 0 heterocycles. The molecule has 0 aromatic rings. The summed E-state index contributed by atoms with van der Waals surface area (Å²) in [4.78, 5) is 15.5. The molecule has 0 aromatic heterocycles. The number of amides is 2. The summed E-state index contributed by atoms with van der Waals surface area (Å²) < 4.78 is 0. The number of carbonyl (C=O) groups excluding carboxylic acids is 1. The highest BCUT2D eigenvalue weighted by Gasteiger charge is 2.22. The number of rotatable bonds is 4. The Balaban J connectivity index is 1.92. The molecular formula is C6H13N3O2. The monoisotopic (exact) mass is 159 g/mol. The Hall–Kier alpha value is -0.810. The van der Waals surface area contributed by atoms with Gasteiger partial charge in [-0.15, -0.1) is 0 Å². The van der Waals surface area contributed by atoms with E-state index in [4.69, 9.17) is 5.73 Å². The Morgan fingerprint density at radius 1 is 1.64 bits per heavy atom. The van der Waals surface area contributed by atoms with Crippen LogP contribution in [0, 0.1) is 0 Å². The van der Waals surface area contributed by atoms with Crippen molar-refractivity contribution in [1.29, 1.82) is 0 Å². The van der Waals surface area contributed by atoms with Crippen LogP contribution in [-0.2, 0) is 4.84 Å². The highest BCUT2D eigenvalue weighted by atomic mass is 16.7. The summed E-state index contributed by atoms with van der Waals surface area (Å²) in [6, 6.07) is 0.0810. The summed E-state index contributed by atoms with van der Waals surface area (Å²) in [6.07, 6.45) is 2.15. The van der Waals surface area contributed by atoms with Gasteiger partial charge in [-0.2, -0.15) is 0 Å². The van der Waals surface area contributed by atoms with Crippen LogP contribution < -0.4 is 16.5 Å². The van der Waals surface area contributed by atoms with Gasteiger partial charge in [0.05, 0.1) is 6.61 Å². The van der Waals surface area contributed by atoms with Gasteiger partial charge in [-0.3, -0.25) is 4.84 Å². The quantitative estimate of drug-likeness (QED) is 0.376. The van der Waals surface area contributed by atoms with E-state index in [0.717, 1.165) is 12.8 Å². The first kappa shape index (κ1) is 8.29. The number of nitrogens with two attached hydrogens (primary N) is 1. The minimum Gasteiger partial charge on any atom is -0.334 e. The standard InChI is InChI=1S/C6H13N3O2/c7-3-4-11-9-6(10)8-5-1-2-5/h5H,1-4,7H2,(H2,8,9,10). The zero-order chi connectivity index (χ0) is 8.10. The van der Waals surface area contributed by atoms with Gasteiger partial charge in [-0.1, -0.05) is 0 Å². The maximum atomic E-state index is 10.8. The molecule has 0 radical (unpaired) electrons. The second kappa shape index (κ2) is 4.15. The van der Waals surface area contributed by atoms with E-state index in [0.29, 0.717) is 19.2 Å². The van der Waals surface area contributed by atoms with Crippen molar-refractivity contribution in [3.05, 3.63) is 0 Å². The average molecular weight is 159 g/mol. The van der Waals surface area contributed by atoms with Crippen LogP contribution >= 0.6 is 0 Å². The molecule has 1 aliphatic rings. The van der Waals surface area contributed by atoms with Crippen molar-refractivity contribution in [3.8, 4) is 0 Å². The fraction of sp³-hybridized carbons (Fsp3) is 0.833. The lowest BCUT2D eigenvalue weighted by molar-refractivity contribution is 0.0665. The van der Waals surface area contributed by atoms with Crippen molar-refractivity contribution in [1.82, 2.24) is 10.8 Å². The molecule has 11 heavy (non-hydrogen) atoms. The molecule has 4 N–H and O–H groups in total. The smallest absolute Gasteiger partial charge is 0.334 e. The molecule has 0 spiro atoms. The van der Waals surface area contributed by atoms with E-state index >= 15 is 0 Å². The van der Waals surface area contributed by atoms with Gasteiger partial charge in [0.1, 0.15) is 0 Å². The number of urea groups is 1. The molecule has 64 valence electrons. The van der Waals surface area contributed by atoms with E-state index in [1.807, 2.05) is 0 Å². The van der Waals surface area contributed by atoms with Crippen molar-refractivity contribution < 1.29 is 9.63 Å². The molecule has 0 unspecified atom stereocenters. The van der Waals surface area contributed by atoms with Crippen LogP contribution in [0.2, 0.25) is 0 Å². The average Bonchev–Trinajstić information content (AvgIpc) is 2.72. The third kappa shape index (κ3) is 3.79. The fourth-order valence-corrected chi connectivity index (χ4v) is 0.618. The zero-order valence-electron chi connectivity index (χ0n) is 6.30. The van der Waals surface area contributed by atoms with Crippen LogP contribution in [0.25, 0.3) is 0 Å². The van der Waals surface area contributed by atoms with Crippen molar-refractivity contribution in [2.45, 2.75) is 18.9 Å². The summed E-state index contributed by atoms with van der Waals surface area (Å²) in [5.41, 5.74) is 7.36. The van der Waals surface area contributed by atoms with Gasteiger partial charge < -0.3 is 11.1 Å². The second-order valence-corrected chi connectivity index (χ2v) is 2.49. The minimum atomic E-state index is -0.277. The Kier molecular flexibility index (Phi) is 3.13. The molecule has 2 amide bonds. The fourth-order valence-electron chi connectivity index (χ4n) is 0.618. The second-order valence-electron chi connectivity index (χ2n) is 2.49. The van der Waals surface area contributed by atoms with Gasteiger partial charge in [0, 0.05) is 12.6 Å². The van der Waals surface area contributed by atoms with Gasteiger partial charge in [0.2, 0.25) is 0 Å². The largest absolute Gasteiger partial charge is 0.338 e. The first-order valence-corrected chi connectivity index (χ1v) is 3.71. The van der Waals surface area contributed by atoms with Gasteiger partial charge >= 0.3 is 6.03 Å². The first-order valence-electron chi connectivity index (χ1n) is 3.71. The Labute approximate surface area is 65.2 Å². The van der Waals surface area contributed by atoms with Crippen LogP contribution in [0.3, 0.4) is 0 Å². The molecule has 0 aliphatic heterocycles. The molecule has 5 nitrogen and oxygen atoms in total. The van der Waals surface area contributed by atoms with Crippen LogP contribution in [0.5, 0.6) is 0 Å². The van der Waals surface area contributed by atoms with Crippen LogP contribution in [0.4, 0.5) is 4.79 Å². The van der Waals surface area contributed by atoms with Crippen molar-refractivity contribution >= 4 is 6.03 Å². The Bertz CT molecular complexity index is 136. The third-order valence-corrected chi connectivity index (χ3v) is 1.30. The predicted molar refractivity (Wildman–Crippen MR) is 39.7 cm³/mol. The molecule has 5 heteroatoms. The van der Waals surface area contributed by atoms with Crippen LogP contribution in [0.15, 0.2) is 0 Å². The van der Waals surface area contributed by atoms with E-state index in [1.165, 1.54) is 0 Å². The summed E-state index contributed by atoms with van der Waals surface area (Å²) >= 11 is 0. The highest BCUT2D eigenvalue weighted by molar-refractivity contribution is 5.73. The maximum absolute atomic E-state index is 10.8. The summed E-state index contributed by atoms with van der Waals surface area (Å²) in [7, 11) is 0. The molecule has 0 bridgehead atoms. The Morgan fingerprint density at radius 2 is 2.36 bits per heavy atom. The van der Waals surface area contributed by atoms with Crippen molar-refractivity contribution in [3.63, 3.8) is 0 Å². The van der Waals surface area contributed by atoms with E-state index in [1.54, 1.807) is 0 Å². The van der Waals surface area contributed by atoms with E-state index < -0.39 is 0 Å². The lowest BCUT2D eigenvalue weighted by atomic mass is 10.7. The normalized spacial score (nSPS) is 16.1. The van der Waals surface area contributed by atoms with Gasteiger partial charge in [-0.25, -0.2) is 10.3 Å². The molecular weight excluding hydrogens is 146 g/mol. The molecule has 1 rings (SSSR count). The molecule has 0 atom stereocenters. The lowest BCUT2D eigenvalue weighted by Crippen LogP contribution is -2.37. The lowest BCUT2D eigenvalue weighted by Gasteiger charge is -2.04. The van der Waals surface area contributed by atoms with E-state index in [2.05, 4.69) is 15.6 Å². The van der Waals surface area contributed by atoms with E-state index in [-0.39, 0.29) is 6.03 Å². The SMILES string of the molecule is NCCONC(=O)NC1CC1. The summed E-state index contributed by atoms with van der Waals surface area (Å²) in [5, 5.41) is 2.70. The topological polar surface area (TPSA) is 76.4 Å². The van der Waals surface area contributed by atoms with Crippen molar-refractivity contribution in [2.75, 3.05) is 13.2 Å². The van der Waals surface area contributed by atoms with Crippen LogP contribution in [0.1, 0.15) is 12.8 Å². The third-order valence-electron chi connectivity index (χ3n) is 1.30. The molecule has 1 saturated carbocycles. The van der Waals surface area contributed by atoms with Gasteiger partial charge in [-0.05, 0) is 12.8 Å². The molecule has 0 aromatic carbocycles. The number of hydrogen-bond acceptors (Lipinski definition) is 3. The van der Waals surface area contributed by atoms with E-state index in [9.17, 15) is 4.79 Å². The minimum absolute atomic E-state index is 0.277. The maximum Gasteiger partial charge on any atom is 0.338 e. The number of carbonyl (C=O) groups is 1. The predicted octanol–water partition coefficient (Wildman–Crippen LogP) is -0.662. The molecule has 0 saturated heterocycles. The highest BCUT2D eigenvalue weighted by Crippen LogP contribution is 2.17. The Morgan fingerprint density at radius 3 is 2.91 bits per heavy atom. The molecule has 1 aliphatic carbocycles. The number of hydroxylamine groups is 1.